The molecule has 1 N–H and O–H groups in total. The Morgan fingerprint density at radius 2 is 1.78 bits per heavy atom. The summed E-state index contributed by atoms with van der Waals surface area (Å²) in [6.45, 7) is 0.663. The summed E-state index contributed by atoms with van der Waals surface area (Å²) < 4.78 is 28.6. The van der Waals surface area contributed by atoms with Crippen molar-refractivity contribution in [3.8, 4) is 5.75 Å². The van der Waals surface area contributed by atoms with Crippen molar-refractivity contribution in [3.63, 3.8) is 0 Å². The number of halogens is 2. The van der Waals surface area contributed by atoms with Gasteiger partial charge in [0.1, 0.15) is 5.75 Å². The SMILES string of the molecule is CCN(Cc1ccccc1)C(=S)Nc1ccc(OC(F)F)cc1. The number of nitrogens with one attached hydrogen (secondary N) is 1. The van der Waals surface area contributed by atoms with Crippen LogP contribution >= 0.6 is 12.2 Å². The van der Waals surface area contributed by atoms with Gasteiger partial charge < -0.3 is 15.0 Å². The number of rotatable bonds is 6. The number of ether oxygens (including phenoxy) is 1. The molecule has 0 heterocycles. The molecule has 23 heavy (non-hydrogen) atoms. The molecule has 0 amide bonds. The van der Waals surface area contributed by atoms with Crippen molar-refractivity contribution in [3.05, 3.63) is 60.2 Å². The maximum Gasteiger partial charge on any atom is 0.387 e. The van der Waals surface area contributed by atoms with Gasteiger partial charge in [0.25, 0.3) is 0 Å². The molecule has 2 aromatic carbocycles. The van der Waals surface area contributed by atoms with Gasteiger partial charge in [-0.1, -0.05) is 30.3 Å². The molecular weight excluding hydrogens is 318 g/mol. The fourth-order valence-corrected chi connectivity index (χ4v) is 2.36. The van der Waals surface area contributed by atoms with Crippen LogP contribution in [0.2, 0.25) is 0 Å². The minimum atomic E-state index is -2.82. The van der Waals surface area contributed by atoms with E-state index in [9.17, 15) is 8.78 Å². The second-order valence-corrected chi connectivity index (χ2v) is 5.22. The van der Waals surface area contributed by atoms with Crippen LogP contribution in [0.3, 0.4) is 0 Å². The van der Waals surface area contributed by atoms with Crippen LogP contribution in [0.4, 0.5) is 14.5 Å². The van der Waals surface area contributed by atoms with Gasteiger partial charge >= 0.3 is 6.61 Å². The maximum atomic E-state index is 12.1. The minimum absolute atomic E-state index is 0.119. The first-order valence-electron chi connectivity index (χ1n) is 7.23. The second kappa shape index (κ2) is 8.43. The van der Waals surface area contributed by atoms with Crippen molar-refractivity contribution in [2.24, 2.45) is 0 Å². The molecule has 0 saturated heterocycles. The zero-order valence-electron chi connectivity index (χ0n) is 12.7. The lowest BCUT2D eigenvalue weighted by molar-refractivity contribution is -0.0498. The van der Waals surface area contributed by atoms with Crippen molar-refractivity contribution in [1.82, 2.24) is 4.90 Å². The summed E-state index contributed by atoms with van der Waals surface area (Å²) in [6, 6.07) is 16.3. The Balaban J connectivity index is 1.96. The van der Waals surface area contributed by atoms with Crippen molar-refractivity contribution < 1.29 is 13.5 Å². The Labute approximate surface area is 139 Å². The molecule has 0 spiro atoms. The van der Waals surface area contributed by atoms with Crippen LogP contribution in [0.25, 0.3) is 0 Å². The molecule has 122 valence electrons. The lowest BCUT2D eigenvalue weighted by Gasteiger charge is -2.24. The first kappa shape index (κ1) is 17.1. The Hall–Kier alpha value is -2.21. The summed E-state index contributed by atoms with van der Waals surface area (Å²) in [6.07, 6.45) is 0. The molecule has 0 saturated carbocycles. The summed E-state index contributed by atoms with van der Waals surface area (Å²) >= 11 is 5.42. The average Bonchev–Trinajstić information content (AvgIpc) is 2.55. The third-order valence-corrected chi connectivity index (χ3v) is 3.58. The number of nitrogens with zero attached hydrogens (tertiary/aromatic N) is 1. The Kier molecular flexibility index (Phi) is 6.29. The molecule has 0 aliphatic rings. The van der Waals surface area contributed by atoms with Crippen LogP contribution < -0.4 is 10.1 Å². The van der Waals surface area contributed by atoms with Gasteiger partial charge in [0, 0.05) is 18.8 Å². The zero-order chi connectivity index (χ0) is 16.7. The third-order valence-electron chi connectivity index (χ3n) is 3.22. The summed E-state index contributed by atoms with van der Waals surface area (Å²) in [5.41, 5.74) is 1.89. The molecule has 0 radical (unpaired) electrons. The standard InChI is InChI=1S/C17H18F2N2OS/c1-2-21(12-13-6-4-3-5-7-13)17(23)20-14-8-10-15(11-9-14)22-16(18)19/h3-11,16H,2,12H2,1H3,(H,20,23). The van der Waals surface area contributed by atoms with Gasteiger partial charge in [-0.05, 0) is 49.0 Å². The largest absolute Gasteiger partial charge is 0.435 e. The van der Waals surface area contributed by atoms with E-state index in [1.807, 2.05) is 42.2 Å². The molecule has 2 aromatic rings. The Morgan fingerprint density at radius 1 is 1.13 bits per heavy atom. The second-order valence-electron chi connectivity index (χ2n) is 4.83. The molecule has 0 fully saturated rings. The molecule has 6 heteroatoms. The summed E-state index contributed by atoms with van der Waals surface area (Å²) in [7, 11) is 0. The van der Waals surface area contributed by atoms with E-state index in [-0.39, 0.29) is 5.75 Å². The van der Waals surface area contributed by atoms with E-state index < -0.39 is 6.61 Å². The molecule has 0 bridgehead atoms. The maximum absolute atomic E-state index is 12.1. The van der Waals surface area contributed by atoms with E-state index in [4.69, 9.17) is 12.2 Å². The highest BCUT2D eigenvalue weighted by molar-refractivity contribution is 7.80. The molecule has 0 atom stereocenters. The average molecular weight is 336 g/mol. The number of benzene rings is 2. The topological polar surface area (TPSA) is 24.5 Å². The van der Waals surface area contributed by atoms with Crippen LogP contribution in [0.1, 0.15) is 12.5 Å². The van der Waals surface area contributed by atoms with Gasteiger partial charge in [0.05, 0.1) is 0 Å². The summed E-state index contributed by atoms with van der Waals surface area (Å²) in [5, 5.41) is 3.69. The smallest absolute Gasteiger partial charge is 0.387 e. The van der Waals surface area contributed by atoms with Crippen molar-refractivity contribution in [2.45, 2.75) is 20.1 Å². The number of alkyl halides is 2. The van der Waals surface area contributed by atoms with Gasteiger partial charge in [-0.3, -0.25) is 0 Å². The van der Waals surface area contributed by atoms with E-state index >= 15 is 0 Å². The fourth-order valence-electron chi connectivity index (χ4n) is 2.05. The van der Waals surface area contributed by atoms with Crippen molar-refractivity contribution in [2.75, 3.05) is 11.9 Å². The molecule has 0 unspecified atom stereocenters. The van der Waals surface area contributed by atoms with Crippen LogP contribution in [0.5, 0.6) is 5.75 Å². The first-order valence-corrected chi connectivity index (χ1v) is 7.64. The van der Waals surface area contributed by atoms with E-state index in [0.717, 1.165) is 12.2 Å². The van der Waals surface area contributed by atoms with Gasteiger partial charge in [-0.25, -0.2) is 0 Å². The normalized spacial score (nSPS) is 10.4. The first-order chi connectivity index (χ1) is 11.1. The van der Waals surface area contributed by atoms with E-state index in [0.29, 0.717) is 11.7 Å². The van der Waals surface area contributed by atoms with Gasteiger partial charge in [0.2, 0.25) is 0 Å². The van der Waals surface area contributed by atoms with Crippen LogP contribution in [-0.2, 0) is 6.54 Å². The van der Waals surface area contributed by atoms with Gasteiger partial charge in [-0.15, -0.1) is 0 Å². The lowest BCUT2D eigenvalue weighted by atomic mass is 10.2. The number of anilines is 1. The molecule has 0 aromatic heterocycles. The highest BCUT2D eigenvalue weighted by Gasteiger charge is 2.09. The Bertz CT molecular complexity index is 620. The fraction of sp³-hybridized carbons (Fsp3) is 0.235. The van der Waals surface area contributed by atoms with Crippen molar-refractivity contribution >= 4 is 23.0 Å². The highest BCUT2D eigenvalue weighted by atomic mass is 32.1. The highest BCUT2D eigenvalue weighted by Crippen LogP contribution is 2.18. The van der Waals surface area contributed by atoms with Crippen LogP contribution in [-0.4, -0.2) is 23.2 Å². The van der Waals surface area contributed by atoms with Gasteiger partial charge in [0.15, 0.2) is 5.11 Å². The van der Waals surface area contributed by atoms with E-state index in [1.54, 1.807) is 12.1 Å². The summed E-state index contributed by atoms with van der Waals surface area (Å²) in [5.74, 6) is 0.119. The van der Waals surface area contributed by atoms with Gasteiger partial charge in [-0.2, -0.15) is 8.78 Å². The number of thiocarbonyl (C=S) groups is 1. The van der Waals surface area contributed by atoms with Crippen LogP contribution in [0, 0.1) is 0 Å². The molecule has 0 aliphatic heterocycles. The zero-order valence-corrected chi connectivity index (χ0v) is 13.5. The molecular formula is C17H18F2N2OS. The van der Waals surface area contributed by atoms with Crippen LogP contribution in [0.15, 0.2) is 54.6 Å². The predicted octanol–water partition coefficient (Wildman–Crippen LogP) is 4.51. The number of hydrogen-bond donors (Lipinski definition) is 1. The number of hydrogen-bond acceptors (Lipinski definition) is 2. The minimum Gasteiger partial charge on any atom is -0.435 e. The molecule has 0 aliphatic carbocycles. The lowest BCUT2D eigenvalue weighted by Crippen LogP contribution is -2.34. The predicted molar refractivity (Wildman–Crippen MR) is 91.8 cm³/mol. The third kappa shape index (κ3) is 5.49. The quantitative estimate of drug-likeness (QED) is 0.785. The molecule has 3 nitrogen and oxygen atoms in total. The summed E-state index contributed by atoms with van der Waals surface area (Å²) in [4.78, 5) is 2.02. The monoisotopic (exact) mass is 336 g/mol. The van der Waals surface area contributed by atoms with E-state index in [2.05, 4.69) is 10.1 Å². The van der Waals surface area contributed by atoms with Crippen molar-refractivity contribution in [1.29, 1.82) is 0 Å². The van der Waals surface area contributed by atoms with E-state index in [1.165, 1.54) is 17.7 Å². The molecule has 2 rings (SSSR count). The Morgan fingerprint density at radius 3 is 2.35 bits per heavy atom.